The van der Waals surface area contributed by atoms with Gasteiger partial charge in [0.2, 0.25) is 0 Å². The number of urea groups is 1. The number of aromatic amines is 1. The highest BCUT2D eigenvalue weighted by Crippen LogP contribution is 2.24. The number of amides is 2. The average molecular weight is 381 g/mol. The molecule has 0 saturated carbocycles. The molecule has 2 aromatic rings. The third kappa shape index (κ3) is 4.37. The van der Waals surface area contributed by atoms with Crippen molar-refractivity contribution in [2.24, 2.45) is 0 Å². The van der Waals surface area contributed by atoms with Gasteiger partial charge in [0.25, 0.3) is 0 Å². The number of benzene rings is 1. The van der Waals surface area contributed by atoms with Crippen molar-refractivity contribution < 1.29 is 17.6 Å². The number of aromatic nitrogens is 3. The number of nitrogens with one attached hydrogen (secondary N) is 2. The molecule has 0 bridgehead atoms. The molecule has 1 aliphatic heterocycles. The molecule has 1 aromatic heterocycles. The van der Waals surface area contributed by atoms with Gasteiger partial charge in [-0.05, 0) is 37.1 Å². The molecule has 3 rings (SSSR count). The van der Waals surface area contributed by atoms with Crippen molar-refractivity contribution in [2.75, 3.05) is 25.4 Å². The number of likely N-dealkylation sites (tertiary alicyclic amines) is 1. The normalized spacial score (nSPS) is 15.8. The van der Waals surface area contributed by atoms with Crippen LogP contribution in [0.4, 0.5) is 9.18 Å². The molecule has 140 valence electrons. The van der Waals surface area contributed by atoms with Crippen LogP contribution >= 0.6 is 0 Å². The number of piperidine rings is 1. The fourth-order valence-corrected chi connectivity index (χ4v) is 4.09. The largest absolute Gasteiger partial charge is 0.337 e. The van der Waals surface area contributed by atoms with Gasteiger partial charge in [0.15, 0.2) is 9.84 Å². The second-order valence-corrected chi connectivity index (χ2v) is 8.25. The van der Waals surface area contributed by atoms with Gasteiger partial charge in [-0.2, -0.15) is 5.10 Å². The summed E-state index contributed by atoms with van der Waals surface area (Å²) in [6.07, 6.45) is 3.02. The Labute approximate surface area is 150 Å². The Bertz CT molecular complexity index is 831. The molecule has 8 nitrogen and oxygen atoms in total. The van der Waals surface area contributed by atoms with Gasteiger partial charge in [-0.3, -0.25) is 5.10 Å². The summed E-state index contributed by atoms with van der Waals surface area (Å²) >= 11 is 0. The Morgan fingerprint density at radius 2 is 1.96 bits per heavy atom. The molecule has 10 heteroatoms. The van der Waals surface area contributed by atoms with Crippen LogP contribution in [0.3, 0.4) is 0 Å². The summed E-state index contributed by atoms with van der Waals surface area (Å²) in [5.74, 6) is 0.348. The monoisotopic (exact) mass is 381 g/mol. The highest BCUT2D eigenvalue weighted by atomic mass is 32.2. The lowest BCUT2D eigenvalue weighted by atomic mass is 9.96. The van der Waals surface area contributed by atoms with E-state index in [9.17, 15) is 17.6 Å². The van der Waals surface area contributed by atoms with Gasteiger partial charge < -0.3 is 10.2 Å². The molecule has 2 N–H and O–H groups in total. The van der Waals surface area contributed by atoms with E-state index >= 15 is 0 Å². The molecule has 0 radical (unpaired) electrons. The minimum atomic E-state index is -3.56. The molecule has 1 saturated heterocycles. The quantitative estimate of drug-likeness (QED) is 0.759. The SMILES string of the molecule is O=C(NCCS(=O)(=O)c1ccc(F)cc1)N1CCC(c2ncn[nH]2)CC1. The third-order valence-electron chi connectivity index (χ3n) is 4.42. The Morgan fingerprint density at radius 1 is 1.27 bits per heavy atom. The van der Waals surface area contributed by atoms with Crippen LogP contribution in [-0.2, 0) is 9.84 Å². The Kier molecular flexibility index (Phi) is 5.50. The molecule has 26 heavy (non-hydrogen) atoms. The van der Waals surface area contributed by atoms with Gasteiger partial charge in [0.05, 0.1) is 10.6 Å². The molecule has 0 aliphatic carbocycles. The molecule has 2 amide bonds. The molecule has 1 aliphatic rings. The van der Waals surface area contributed by atoms with Crippen LogP contribution in [0.1, 0.15) is 24.6 Å². The zero-order valence-corrected chi connectivity index (χ0v) is 14.9. The molecular weight excluding hydrogens is 361 g/mol. The molecular formula is C16H20FN5O3S. The number of rotatable bonds is 5. The molecule has 0 unspecified atom stereocenters. The first-order valence-corrected chi connectivity index (χ1v) is 9.97. The predicted octanol–water partition coefficient (Wildman–Crippen LogP) is 1.31. The van der Waals surface area contributed by atoms with Crippen LogP contribution in [0, 0.1) is 5.82 Å². The van der Waals surface area contributed by atoms with Crippen LogP contribution in [-0.4, -0.2) is 59.9 Å². The summed E-state index contributed by atoms with van der Waals surface area (Å²) in [5, 5.41) is 9.33. The summed E-state index contributed by atoms with van der Waals surface area (Å²) in [5.41, 5.74) is 0. The number of hydrogen-bond acceptors (Lipinski definition) is 5. The maximum absolute atomic E-state index is 12.9. The lowest BCUT2D eigenvalue weighted by Gasteiger charge is -2.31. The first-order valence-electron chi connectivity index (χ1n) is 8.32. The van der Waals surface area contributed by atoms with Crippen molar-refractivity contribution >= 4 is 15.9 Å². The highest BCUT2D eigenvalue weighted by molar-refractivity contribution is 7.91. The van der Waals surface area contributed by atoms with E-state index < -0.39 is 15.7 Å². The van der Waals surface area contributed by atoms with Crippen LogP contribution in [0.5, 0.6) is 0 Å². The van der Waals surface area contributed by atoms with Crippen LogP contribution in [0.2, 0.25) is 0 Å². The van der Waals surface area contributed by atoms with Crippen molar-refractivity contribution in [1.82, 2.24) is 25.4 Å². The van der Waals surface area contributed by atoms with E-state index in [0.29, 0.717) is 13.1 Å². The summed E-state index contributed by atoms with van der Waals surface area (Å²) in [4.78, 5) is 18.0. The van der Waals surface area contributed by atoms with E-state index in [1.807, 2.05) is 0 Å². The van der Waals surface area contributed by atoms with Crippen molar-refractivity contribution in [3.8, 4) is 0 Å². The summed E-state index contributed by atoms with van der Waals surface area (Å²) in [6, 6.07) is 4.37. The number of hydrogen-bond donors (Lipinski definition) is 2. The molecule has 1 fully saturated rings. The van der Waals surface area contributed by atoms with Gasteiger partial charge in [0, 0.05) is 25.6 Å². The minimum Gasteiger partial charge on any atom is -0.337 e. The summed E-state index contributed by atoms with van der Waals surface area (Å²) < 4.78 is 37.2. The standard InChI is InChI=1S/C16H20FN5O3S/c17-13-1-3-14(4-2-13)26(24,25)10-7-18-16(23)22-8-5-12(6-9-22)15-19-11-20-21-15/h1-4,11-12H,5-10H2,(H,18,23)(H,19,20,21). The number of carbonyl (C=O) groups is 1. The van der Waals surface area contributed by atoms with Gasteiger partial charge in [0.1, 0.15) is 18.0 Å². The van der Waals surface area contributed by atoms with Crippen molar-refractivity contribution in [3.63, 3.8) is 0 Å². The van der Waals surface area contributed by atoms with E-state index in [2.05, 4.69) is 20.5 Å². The average Bonchev–Trinajstić information content (AvgIpc) is 3.17. The lowest BCUT2D eigenvalue weighted by molar-refractivity contribution is 0.181. The Hall–Kier alpha value is -2.49. The van der Waals surface area contributed by atoms with Gasteiger partial charge >= 0.3 is 6.03 Å². The van der Waals surface area contributed by atoms with Crippen molar-refractivity contribution in [3.05, 3.63) is 42.2 Å². The highest BCUT2D eigenvalue weighted by Gasteiger charge is 2.25. The van der Waals surface area contributed by atoms with Crippen LogP contribution in [0.25, 0.3) is 0 Å². The summed E-state index contributed by atoms with van der Waals surface area (Å²) in [6.45, 7) is 1.14. The zero-order valence-electron chi connectivity index (χ0n) is 14.1. The van der Waals surface area contributed by atoms with Gasteiger partial charge in [-0.15, -0.1) is 0 Å². The van der Waals surface area contributed by atoms with E-state index in [1.165, 1.54) is 18.5 Å². The maximum atomic E-state index is 12.9. The fraction of sp³-hybridized carbons (Fsp3) is 0.438. The number of sulfone groups is 1. The van der Waals surface area contributed by atoms with E-state index in [1.54, 1.807) is 4.90 Å². The summed E-state index contributed by atoms with van der Waals surface area (Å²) in [7, 11) is -3.56. The predicted molar refractivity (Wildman–Crippen MR) is 91.8 cm³/mol. The Balaban J connectivity index is 1.45. The second-order valence-electron chi connectivity index (χ2n) is 6.14. The number of halogens is 1. The third-order valence-corrected chi connectivity index (χ3v) is 6.15. The second kappa shape index (κ2) is 7.81. The smallest absolute Gasteiger partial charge is 0.317 e. The Morgan fingerprint density at radius 3 is 2.58 bits per heavy atom. The number of H-pyrrole nitrogens is 1. The number of carbonyl (C=O) groups excluding carboxylic acids is 1. The molecule has 0 atom stereocenters. The first kappa shape index (κ1) is 18.3. The van der Waals surface area contributed by atoms with Crippen molar-refractivity contribution in [2.45, 2.75) is 23.7 Å². The van der Waals surface area contributed by atoms with Gasteiger partial charge in [-0.25, -0.2) is 22.6 Å². The molecule has 2 heterocycles. The molecule has 1 aromatic carbocycles. The molecule has 0 spiro atoms. The van der Waals surface area contributed by atoms with E-state index in [4.69, 9.17) is 0 Å². The van der Waals surface area contributed by atoms with Crippen molar-refractivity contribution in [1.29, 1.82) is 0 Å². The first-order chi connectivity index (χ1) is 12.5. The van der Waals surface area contributed by atoms with Crippen LogP contribution in [0.15, 0.2) is 35.5 Å². The number of nitrogens with zero attached hydrogens (tertiary/aromatic N) is 3. The zero-order chi connectivity index (χ0) is 18.6. The van der Waals surface area contributed by atoms with Gasteiger partial charge in [-0.1, -0.05) is 0 Å². The van der Waals surface area contributed by atoms with E-state index in [-0.39, 0.29) is 29.1 Å². The van der Waals surface area contributed by atoms with E-state index in [0.717, 1.165) is 30.8 Å². The van der Waals surface area contributed by atoms with Crippen LogP contribution < -0.4 is 5.32 Å². The minimum absolute atomic E-state index is 0.000571. The maximum Gasteiger partial charge on any atom is 0.317 e. The topological polar surface area (TPSA) is 108 Å². The fourth-order valence-electron chi connectivity index (χ4n) is 2.93. The lowest BCUT2D eigenvalue weighted by Crippen LogP contribution is -2.45.